The maximum Gasteiger partial charge on any atom is 0.0492 e. The van der Waals surface area contributed by atoms with Gasteiger partial charge >= 0.3 is 0 Å². The van der Waals surface area contributed by atoms with E-state index in [1.54, 1.807) is 0 Å². The average Bonchev–Trinajstić information content (AvgIpc) is 1.74. The Morgan fingerprint density at radius 1 is 0.202 bits per heavy atom. The Morgan fingerprint density at radius 2 is 0.471 bits per heavy atom. The van der Waals surface area contributed by atoms with E-state index in [2.05, 4.69) is 300 Å². The molecular weight excluding hydrogens is 1260 g/mol. The SMILES string of the molecule is CCCCCCCn1c2ccccc2c2cc(C#Cc3ccc4c(c3)c3cc(C#Cc5ccc6c(c5)c5cc(C#Cc7ccc8c(c7)c7cc(C#Cc9ccc%10ccc%11cccc%12ccc9c%10c%11%12)ccc7n8CCCCCCC)ccc5n6CCCCCCC)ccc3n4CCCCCCC)ccc21. The first kappa shape index (κ1) is 67.6. The van der Waals surface area contributed by atoms with E-state index in [1.165, 1.54) is 229 Å². The molecule has 4 heterocycles. The Kier molecular flexibility index (Phi) is 20.1. The Morgan fingerprint density at radius 3 is 0.808 bits per heavy atom. The van der Waals surface area contributed by atoms with Crippen LogP contribution in [0.5, 0.6) is 0 Å². The van der Waals surface area contributed by atoms with Crippen molar-refractivity contribution in [2.75, 3.05) is 0 Å². The molecule has 514 valence electrons. The summed E-state index contributed by atoms with van der Waals surface area (Å²) in [5, 5.41) is 17.6. The molecule has 0 aliphatic rings. The van der Waals surface area contributed by atoms with E-state index in [4.69, 9.17) is 0 Å². The number of nitrogens with zero attached hydrogens (tertiary/aromatic N) is 4. The lowest BCUT2D eigenvalue weighted by Gasteiger charge is -2.11. The van der Waals surface area contributed by atoms with Crippen LogP contribution in [0.4, 0.5) is 0 Å². The zero-order chi connectivity index (χ0) is 70.3. The number of benzene rings is 12. The third-order valence-corrected chi connectivity index (χ3v) is 22.2. The molecule has 4 nitrogen and oxygen atoms in total. The molecule has 16 aromatic rings. The summed E-state index contributed by atoms with van der Waals surface area (Å²) in [4.78, 5) is 0. The highest BCUT2D eigenvalue weighted by Gasteiger charge is 2.18. The Hall–Kier alpha value is -10.9. The van der Waals surface area contributed by atoms with Crippen molar-refractivity contribution in [1.82, 2.24) is 18.3 Å². The summed E-state index contributed by atoms with van der Waals surface area (Å²) in [5.74, 6) is 29.2. The van der Waals surface area contributed by atoms with Gasteiger partial charge < -0.3 is 18.3 Å². The van der Waals surface area contributed by atoms with Crippen molar-refractivity contribution >= 4 is 120 Å². The number of unbranched alkanes of at least 4 members (excludes halogenated alkanes) is 16. The largest absolute Gasteiger partial charge is 0.340 e. The van der Waals surface area contributed by atoms with Crippen molar-refractivity contribution in [1.29, 1.82) is 0 Å². The summed E-state index contributed by atoms with van der Waals surface area (Å²) >= 11 is 0. The van der Waals surface area contributed by atoms with Gasteiger partial charge in [-0.25, -0.2) is 0 Å². The lowest BCUT2D eigenvalue weighted by molar-refractivity contribution is 0.584. The molecule has 0 spiro atoms. The molecule has 0 N–H and O–H groups in total. The first-order valence-electron chi connectivity index (χ1n) is 39.4. The van der Waals surface area contributed by atoms with Crippen LogP contribution < -0.4 is 0 Å². The molecule has 4 aromatic heterocycles. The molecule has 0 radical (unpaired) electrons. The lowest BCUT2D eigenvalue weighted by atomic mass is 9.92. The minimum Gasteiger partial charge on any atom is -0.340 e. The summed E-state index contributed by atoms with van der Waals surface area (Å²) in [7, 11) is 0. The average molecular weight is 1350 g/mol. The minimum absolute atomic E-state index is 0.973. The minimum atomic E-state index is 0.973. The molecule has 104 heavy (non-hydrogen) atoms. The van der Waals surface area contributed by atoms with Gasteiger partial charge in [0.25, 0.3) is 0 Å². The predicted octanol–water partition coefficient (Wildman–Crippen LogP) is 26.5. The number of rotatable bonds is 24. The van der Waals surface area contributed by atoms with Crippen LogP contribution in [0.15, 0.2) is 206 Å². The smallest absolute Gasteiger partial charge is 0.0492 e. The van der Waals surface area contributed by atoms with E-state index in [0.29, 0.717) is 0 Å². The second-order valence-corrected chi connectivity index (χ2v) is 29.4. The van der Waals surface area contributed by atoms with E-state index in [0.717, 1.165) is 89.9 Å². The summed E-state index contributed by atoms with van der Waals surface area (Å²) < 4.78 is 10.2. The highest BCUT2D eigenvalue weighted by molar-refractivity contribution is 6.24. The fraction of sp³-hybridized carbons (Fsp3) is 0.280. The molecule has 0 aliphatic heterocycles. The normalized spacial score (nSPS) is 11.7. The van der Waals surface area contributed by atoms with Crippen molar-refractivity contribution in [3.05, 3.63) is 251 Å². The first-order valence-corrected chi connectivity index (χ1v) is 39.4. The van der Waals surface area contributed by atoms with E-state index in [1.807, 2.05) is 0 Å². The maximum absolute atomic E-state index is 3.67. The lowest BCUT2D eigenvalue weighted by Crippen LogP contribution is -1.98. The van der Waals surface area contributed by atoms with Gasteiger partial charge in [0.05, 0.1) is 0 Å². The van der Waals surface area contributed by atoms with E-state index in [9.17, 15) is 0 Å². The van der Waals surface area contributed by atoms with Crippen LogP contribution >= 0.6 is 0 Å². The third-order valence-electron chi connectivity index (χ3n) is 22.2. The second kappa shape index (κ2) is 31.0. The van der Waals surface area contributed by atoms with Gasteiger partial charge in [0, 0.05) is 158 Å². The predicted molar refractivity (Wildman–Crippen MR) is 447 cm³/mol. The molecule has 0 atom stereocenters. The molecule has 0 aliphatic carbocycles. The Labute approximate surface area is 614 Å². The number of aromatic nitrogens is 4. The number of aryl methyl sites for hydroxylation is 4. The summed E-state index contributed by atoms with van der Waals surface area (Å²) in [6.07, 6.45) is 24.8. The number of hydrogen-bond acceptors (Lipinski definition) is 0. The zero-order valence-electron chi connectivity index (χ0n) is 61.4. The van der Waals surface area contributed by atoms with Crippen LogP contribution in [0.25, 0.3) is 120 Å². The first-order chi connectivity index (χ1) is 51.4. The zero-order valence-corrected chi connectivity index (χ0v) is 61.4. The molecule has 0 saturated heterocycles. The van der Waals surface area contributed by atoms with Gasteiger partial charge in [-0.05, 0) is 198 Å². The molecule has 16 rings (SSSR count). The van der Waals surface area contributed by atoms with E-state index in [-0.39, 0.29) is 0 Å². The van der Waals surface area contributed by atoms with Gasteiger partial charge in [0.1, 0.15) is 0 Å². The monoisotopic (exact) mass is 1350 g/mol. The van der Waals surface area contributed by atoms with Crippen LogP contribution in [-0.2, 0) is 26.2 Å². The summed E-state index contributed by atoms with van der Waals surface area (Å²) in [6.45, 7) is 13.1. The fourth-order valence-electron chi connectivity index (χ4n) is 16.8. The molecule has 0 unspecified atom stereocenters. The number of hydrogen-bond donors (Lipinski definition) is 0. The standard InChI is InChI=1S/C100H94N4/c1-5-9-13-17-23-60-101-91-31-22-21-30-83(91)84-64-71(39-53-92(84)101)32-33-72-40-54-93-85(65-72)86-66-73(41-55-94(86)102(93)61-24-18-14-10-6-2)34-35-74-42-56-95-87(67-74)88-68-75(43-57-96(88)103(95)62-25-19-15-11-7-3)36-37-76-44-58-97-89(69-76)90-70-77(45-59-98(90)104(97)63-26-20-16-12-8-4)38-46-78-47-48-81-50-49-79-28-27-29-80-51-52-82(78)100(81)99(79)80/h21-22,27-31,39-45,47-59,64-70H,5-20,23-26,60-63H2,1-4H3. The van der Waals surface area contributed by atoms with E-state index >= 15 is 0 Å². The highest BCUT2D eigenvalue weighted by atomic mass is 15.0. The fourth-order valence-corrected chi connectivity index (χ4v) is 16.8. The summed E-state index contributed by atoms with van der Waals surface area (Å²) in [5.41, 5.74) is 18.3. The van der Waals surface area contributed by atoms with Gasteiger partial charge in [-0.2, -0.15) is 0 Å². The van der Waals surface area contributed by atoms with E-state index < -0.39 is 0 Å². The van der Waals surface area contributed by atoms with Crippen molar-refractivity contribution in [2.24, 2.45) is 0 Å². The molecule has 12 aromatic carbocycles. The van der Waals surface area contributed by atoms with Crippen molar-refractivity contribution in [3.63, 3.8) is 0 Å². The van der Waals surface area contributed by atoms with Gasteiger partial charge in [-0.15, -0.1) is 0 Å². The van der Waals surface area contributed by atoms with Gasteiger partial charge in [-0.1, -0.05) is 245 Å². The second-order valence-electron chi connectivity index (χ2n) is 29.4. The van der Waals surface area contributed by atoms with Gasteiger partial charge in [0.15, 0.2) is 0 Å². The third kappa shape index (κ3) is 13.7. The molecule has 0 amide bonds. The number of fused-ring (bicyclic) bond motifs is 12. The molecule has 4 heteroatoms. The molecule has 0 saturated carbocycles. The van der Waals surface area contributed by atoms with Crippen LogP contribution in [-0.4, -0.2) is 18.3 Å². The Bertz CT molecular complexity index is 6140. The van der Waals surface area contributed by atoms with Crippen LogP contribution in [0, 0.1) is 47.4 Å². The molecular formula is C100H94N4. The Balaban J connectivity index is 0.716. The van der Waals surface area contributed by atoms with Gasteiger partial charge in [0.2, 0.25) is 0 Å². The maximum atomic E-state index is 3.67. The van der Waals surface area contributed by atoms with Crippen LogP contribution in [0.2, 0.25) is 0 Å². The topological polar surface area (TPSA) is 19.7 Å². The molecule has 0 fully saturated rings. The van der Waals surface area contributed by atoms with Gasteiger partial charge in [-0.3, -0.25) is 0 Å². The van der Waals surface area contributed by atoms with Crippen molar-refractivity contribution in [3.8, 4) is 47.4 Å². The summed E-state index contributed by atoms with van der Waals surface area (Å²) in [6, 6.07) is 76.8. The van der Waals surface area contributed by atoms with Crippen molar-refractivity contribution in [2.45, 2.75) is 182 Å². The number of para-hydroxylation sites is 1. The van der Waals surface area contributed by atoms with Crippen LogP contribution in [0.1, 0.15) is 201 Å². The van der Waals surface area contributed by atoms with Crippen molar-refractivity contribution < 1.29 is 0 Å². The highest BCUT2D eigenvalue weighted by Crippen LogP contribution is 2.39. The van der Waals surface area contributed by atoms with Crippen LogP contribution in [0.3, 0.4) is 0 Å². The molecule has 0 bridgehead atoms. The quantitative estimate of drug-likeness (QED) is 0.0326.